The predicted octanol–water partition coefficient (Wildman–Crippen LogP) is 3.61. The fourth-order valence-corrected chi connectivity index (χ4v) is 1.57. The van der Waals surface area contributed by atoms with Crippen LogP contribution in [0.3, 0.4) is 0 Å². The van der Waals surface area contributed by atoms with Gasteiger partial charge in [0, 0.05) is 12.0 Å². The largest absolute Gasteiger partial charge is 0.478 e. The first-order valence-electron chi connectivity index (χ1n) is 5.14. The van der Waals surface area contributed by atoms with Crippen LogP contribution in [0.1, 0.15) is 35.7 Å². The Hall–Kier alpha value is -1.78. The standard InChI is InChI=1S/C12H13F2NO2/c1-3-6-12(13,14)10-7-8(15-2)4-5-9(10)11(16)17/h4-5,7H,2-3,6H2,1H3,(H,16,17). The molecule has 0 fully saturated rings. The van der Waals surface area contributed by atoms with Gasteiger partial charge in [-0.1, -0.05) is 13.3 Å². The molecular weight excluding hydrogens is 228 g/mol. The van der Waals surface area contributed by atoms with E-state index in [0.717, 1.165) is 12.1 Å². The van der Waals surface area contributed by atoms with Crippen molar-refractivity contribution in [1.82, 2.24) is 0 Å². The minimum Gasteiger partial charge on any atom is -0.478 e. The predicted molar refractivity (Wildman–Crippen MR) is 61.4 cm³/mol. The van der Waals surface area contributed by atoms with Crippen LogP contribution in [-0.4, -0.2) is 17.8 Å². The lowest BCUT2D eigenvalue weighted by atomic mass is 9.97. The van der Waals surface area contributed by atoms with Crippen molar-refractivity contribution in [3.8, 4) is 0 Å². The first-order chi connectivity index (χ1) is 7.92. The number of nitrogens with zero attached hydrogens (tertiary/aromatic N) is 1. The van der Waals surface area contributed by atoms with Gasteiger partial charge >= 0.3 is 5.97 Å². The molecule has 5 heteroatoms. The zero-order valence-corrected chi connectivity index (χ0v) is 9.41. The molecule has 1 aromatic rings. The average molecular weight is 241 g/mol. The second-order valence-corrected chi connectivity index (χ2v) is 3.65. The van der Waals surface area contributed by atoms with Crippen molar-refractivity contribution < 1.29 is 18.7 Å². The molecule has 17 heavy (non-hydrogen) atoms. The van der Waals surface area contributed by atoms with Crippen LogP contribution >= 0.6 is 0 Å². The fraction of sp³-hybridized carbons (Fsp3) is 0.333. The monoisotopic (exact) mass is 241 g/mol. The lowest BCUT2D eigenvalue weighted by Crippen LogP contribution is -2.17. The van der Waals surface area contributed by atoms with Gasteiger partial charge in [-0.05, 0) is 24.9 Å². The molecule has 0 aliphatic rings. The molecule has 92 valence electrons. The van der Waals surface area contributed by atoms with Gasteiger partial charge in [-0.15, -0.1) is 0 Å². The second-order valence-electron chi connectivity index (χ2n) is 3.65. The van der Waals surface area contributed by atoms with Gasteiger partial charge < -0.3 is 5.11 Å². The highest BCUT2D eigenvalue weighted by molar-refractivity contribution is 5.90. The van der Waals surface area contributed by atoms with Crippen LogP contribution < -0.4 is 0 Å². The summed E-state index contributed by atoms with van der Waals surface area (Å²) < 4.78 is 27.5. The Morgan fingerprint density at radius 1 is 1.53 bits per heavy atom. The van der Waals surface area contributed by atoms with E-state index in [2.05, 4.69) is 11.7 Å². The van der Waals surface area contributed by atoms with Crippen molar-refractivity contribution in [3.05, 3.63) is 29.3 Å². The van der Waals surface area contributed by atoms with E-state index in [1.54, 1.807) is 6.92 Å². The molecule has 0 heterocycles. The first kappa shape index (κ1) is 13.3. The summed E-state index contributed by atoms with van der Waals surface area (Å²) in [7, 11) is 0. The molecule has 0 bridgehead atoms. The van der Waals surface area contributed by atoms with E-state index in [4.69, 9.17) is 5.11 Å². The first-order valence-corrected chi connectivity index (χ1v) is 5.14. The van der Waals surface area contributed by atoms with E-state index in [1.165, 1.54) is 6.07 Å². The normalized spacial score (nSPS) is 11.2. The molecule has 3 nitrogen and oxygen atoms in total. The molecule has 1 N–H and O–H groups in total. The van der Waals surface area contributed by atoms with Crippen molar-refractivity contribution in [2.24, 2.45) is 4.99 Å². The summed E-state index contributed by atoms with van der Waals surface area (Å²) in [4.78, 5) is 14.4. The minimum absolute atomic E-state index is 0.237. The Morgan fingerprint density at radius 2 is 2.18 bits per heavy atom. The third-order valence-corrected chi connectivity index (χ3v) is 2.37. The van der Waals surface area contributed by atoms with Gasteiger partial charge in [0.25, 0.3) is 5.92 Å². The maximum Gasteiger partial charge on any atom is 0.336 e. The highest BCUT2D eigenvalue weighted by Gasteiger charge is 2.34. The third kappa shape index (κ3) is 2.87. The van der Waals surface area contributed by atoms with Gasteiger partial charge in [0.1, 0.15) is 0 Å². The quantitative estimate of drug-likeness (QED) is 0.800. The summed E-state index contributed by atoms with van der Waals surface area (Å²) in [5.41, 5.74) is -0.659. The van der Waals surface area contributed by atoms with Crippen LogP contribution in [0.25, 0.3) is 0 Å². The van der Waals surface area contributed by atoms with Gasteiger partial charge in [0.05, 0.1) is 11.3 Å². The maximum absolute atomic E-state index is 13.8. The van der Waals surface area contributed by atoms with E-state index in [1.807, 2.05) is 0 Å². The molecule has 0 saturated carbocycles. The van der Waals surface area contributed by atoms with E-state index >= 15 is 0 Å². The number of hydrogen-bond donors (Lipinski definition) is 1. The summed E-state index contributed by atoms with van der Waals surface area (Å²) in [6.07, 6.45) is -0.133. The highest BCUT2D eigenvalue weighted by Crippen LogP contribution is 2.36. The van der Waals surface area contributed by atoms with E-state index in [-0.39, 0.29) is 12.1 Å². The van der Waals surface area contributed by atoms with Crippen LogP contribution in [0, 0.1) is 0 Å². The molecule has 0 aliphatic heterocycles. The number of aromatic carboxylic acids is 1. The van der Waals surface area contributed by atoms with Gasteiger partial charge in [-0.2, -0.15) is 0 Å². The number of carboxylic acids is 1. The molecule has 0 radical (unpaired) electrons. The van der Waals surface area contributed by atoms with Crippen LogP contribution in [0.15, 0.2) is 23.2 Å². The Kier molecular flexibility index (Phi) is 3.93. The minimum atomic E-state index is -3.16. The molecule has 0 aromatic heterocycles. The lowest BCUT2D eigenvalue weighted by Gasteiger charge is -2.18. The van der Waals surface area contributed by atoms with E-state index in [0.29, 0.717) is 0 Å². The Balaban J connectivity index is 3.35. The summed E-state index contributed by atoms with van der Waals surface area (Å²) in [6.45, 7) is 4.85. The molecule has 0 unspecified atom stereocenters. The van der Waals surface area contributed by atoms with E-state index in [9.17, 15) is 13.6 Å². The number of carboxylic acid groups (broad SMARTS) is 1. The van der Waals surface area contributed by atoms with Crippen LogP contribution in [0.5, 0.6) is 0 Å². The molecule has 1 rings (SSSR count). The SMILES string of the molecule is C=Nc1ccc(C(=O)O)c(C(F)(F)CCC)c1. The van der Waals surface area contributed by atoms with Crippen molar-refractivity contribution in [3.63, 3.8) is 0 Å². The average Bonchev–Trinajstić information content (AvgIpc) is 2.28. The molecular formula is C12H13F2NO2. The van der Waals surface area contributed by atoms with Crippen LogP contribution in [0.4, 0.5) is 14.5 Å². The number of hydrogen-bond acceptors (Lipinski definition) is 2. The van der Waals surface area contributed by atoms with Gasteiger partial charge in [-0.25, -0.2) is 13.6 Å². The molecule has 0 saturated heterocycles. The molecule has 0 amide bonds. The van der Waals surface area contributed by atoms with Crippen LogP contribution in [0.2, 0.25) is 0 Å². The number of rotatable bonds is 5. The zero-order valence-electron chi connectivity index (χ0n) is 9.41. The number of carbonyl (C=O) groups is 1. The summed E-state index contributed by atoms with van der Waals surface area (Å²) in [5.74, 6) is -4.53. The topological polar surface area (TPSA) is 49.7 Å². The molecule has 0 atom stereocenters. The summed E-state index contributed by atoms with van der Waals surface area (Å²) in [5, 5.41) is 8.88. The molecule has 1 aromatic carbocycles. The lowest BCUT2D eigenvalue weighted by molar-refractivity contribution is -0.0152. The Bertz CT molecular complexity index is 444. The Morgan fingerprint density at radius 3 is 2.65 bits per heavy atom. The van der Waals surface area contributed by atoms with Crippen molar-refractivity contribution in [2.45, 2.75) is 25.7 Å². The van der Waals surface area contributed by atoms with Crippen molar-refractivity contribution in [2.75, 3.05) is 0 Å². The van der Waals surface area contributed by atoms with Crippen LogP contribution in [-0.2, 0) is 5.92 Å². The zero-order chi connectivity index (χ0) is 13.1. The van der Waals surface area contributed by atoms with Crippen molar-refractivity contribution in [1.29, 1.82) is 0 Å². The second kappa shape index (κ2) is 5.03. The summed E-state index contributed by atoms with van der Waals surface area (Å²) in [6, 6.07) is 3.55. The fourth-order valence-electron chi connectivity index (χ4n) is 1.57. The van der Waals surface area contributed by atoms with Gasteiger partial charge in [0.2, 0.25) is 0 Å². The molecule has 0 spiro atoms. The smallest absolute Gasteiger partial charge is 0.336 e. The van der Waals surface area contributed by atoms with E-state index < -0.39 is 29.4 Å². The van der Waals surface area contributed by atoms with Gasteiger partial charge in [0.15, 0.2) is 0 Å². The maximum atomic E-state index is 13.8. The van der Waals surface area contributed by atoms with Gasteiger partial charge in [-0.3, -0.25) is 4.99 Å². The molecule has 0 aliphatic carbocycles. The van der Waals surface area contributed by atoms with Crippen molar-refractivity contribution >= 4 is 18.4 Å². The Labute approximate surface area is 97.8 Å². The number of alkyl halides is 2. The number of benzene rings is 1. The number of halogens is 2. The number of aliphatic imine (C=N–C) groups is 1. The highest BCUT2D eigenvalue weighted by atomic mass is 19.3. The summed E-state index contributed by atoms with van der Waals surface area (Å²) >= 11 is 0. The third-order valence-electron chi connectivity index (χ3n) is 2.37.